The van der Waals surface area contributed by atoms with Crippen molar-refractivity contribution in [1.29, 1.82) is 0 Å². The van der Waals surface area contributed by atoms with Gasteiger partial charge in [-0.3, -0.25) is 19.1 Å². The largest absolute Gasteiger partial charge is 0.487 e. The van der Waals surface area contributed by atoms with Gasteiger partial charge in [0.25, 0.3) is 5.56 Å². The lowest BCUT2D eigenvalue weighted by Gasteiger charge is -2.16. The molecule has 1 heterocycles. The van der Waals surface area contributed by atoms with Crippen molar-refractivity contribution in [3.05, 3.63) is 86.0 Å². The first kappa shape index (κ1) is 24.4. The van der Waals surface area contributed by atoms with Gasteiger partial charge in [-0.1, -0.05) is 13.0 Å². The third-order valence-corrected chi connectivity index (χ3v) is 5.28. The van der Waals surface area contributed by atoms with Crippen molar-refractivity contribution in [3.63, 3.8) is 0 Å². The summed E-state index contributed by atoms with van der Waals surface area (Å²) in [6.45, 7) is 3.10. The molecule has 3 aromatic rings. The minimum absolute atomic E-state index is 0.0743. The van der Waals surface area contributed by atoms with E-state index in [2.05, 4.69) is 20.8 Å². The number of halogens is 4. The van der Waals surface area contributed by atoms with E-state index in [1.54, 1.807) is 6.92 Å². The van der Waals surface area contributed by atoms with Gasteiger partial charge < -0.3 is 4.74 Å². The van der Waals surface area contributed by atoms with E-state index < -0.39 is 34.7 Å². The lowest BCUT2D eigenvalue weighted by Crippen LogP contribution is -2.24. The third kappa shape index (κ3) is 5.57. The molecule has 2 aromatic carbocycles. The Bertz CT molecular complexity index is 1230. The van der Waals surface area contributed by atoms with E-state index in [1.807, 2.05) is 0 Å². The maximum Gasteiger partial charge on any atom is 0.355 e. The minimum Gasteiger partial charge on any atom is -0.487 e. The molecule has 0 saturated carbocycles. The maximum atomic E-state index is 14.2. The number of pyridine rings is 1. The topological polar surface area (TPSA) is 66.8 Å². The van der Waals surface area contributed by atoms with Crippen LogP contribution in [0, 0.1) is 24.4 Å². The quantitative estimate of drug-likeness (QED) is 0.285. The van der Waals surface area contributed by atoms with Gasteiger partial charge in [-0.15, -0.1) is 0 Å². The van der Waals surface area contributed by atoms with Crippen molar-refractivity contribution in [1.82, 2.24) is 4.57 Å². The standard InChI is InChI=1S/C23H19BrF3NO5/c1-3-5-20(29)33-32-18-11-15(25)9-8-14(18)12-31-19-10-13(2)28(23(30)21(19)24)22-16(26)6-4-7-17(22)27/h4,6-11H,3,5,12H2,1-2H3. The SMILES string of the molecule is CCCC(=O)OOc1cc(F)ccc1COc1cc(C)n(-c2c(F)cccc2F)c(=O)c1Br. The van der Waals surface area contributed by atoms with Crippen LogP contribution < -0.4 is 15.2 Å². The lowest BCUT2D eigenvalue weighted by atomic mass is 10.2. The molecule has 174 valence electrons. The van der Waals surface area contributed by atoms with Crippen molar-refractivity contribution >= 4 is 21.9 Å². The molecule has 0 fully saturated rings. The van der Waals surface area contributed by atoms with Crippen LogP contribution in [0.1, 0.15) is 31.0 Å². The first-order chi connectivity index (χ1) is 15.7. The number of rotatable bonds is 8. The summed E-state index contributed by atoms with van der Waals surface area (Å²) in [6.07, 6.45) is 0.684. The average molecular weight is 526 g/mol. The molecule has 0 bridgehead atoms. The highest BCUT2D eigenvalue weighted by Crippen LogP contribution is 2.28. The van der Waals surface area contributed by atoms with Crippen molar-refractivity contribution in [3.8, 4) is 17.2 Å². The molecular formula is C23H19BrF3NO5. The lowest BCUT2D eigenvalue weighted by molar-refractivity contribution is -0.214. The van der Waals surface area contributed by atoms with Crippen LogP contribution in [-0.4, -0.2) is 10.5 Å². The summed E-state index contributed by atoms with van der Waals surface area (Å²) in [5, 5.41) is 0. The van der Waals surface area contributed by atoms with Crippen molar-refractivity contribution in [2.24, 2.45) is 0 Å². The van der Waals surface area contributed by atoms with Crippen LogP contribution in [0.3, 0.4) is 0 Å². The summed E-state index contributed by atoms with van der Waals surface area (Å²) >= 11 is 3.12. The van der Waals surface area contributed by atoms with E-state index in [0.29, 0.717) is 12.0 Å². The molecule has 0 aliphatic carbocycles. The van der Waals surface area contributed by atoms with E-state index in [1.165, 1.54) is 31.2 Å². The van der Waals surface area contributed by atoms with Gasteiger partial charge in [0.2, 0.25) is 0 Å². The van der Waals surface area contributed by atoms with Crippen molar-refractivity contribution in [2.75, 3.05) is 0 Å². The molecule has 0 amide bonds. The number of ether oxygens (including phenoxy) is 1. The first-order valence-corrected chi connectivity index (χ1v) is 10.7. The molecule has 6 nitrogen and oxygen atoms in total. The van der Waals surface area contributed by atoms with Crippen LogP contribution in [0.5, 0.6) is 11.5 Å². The van der Waals surface area contributed by atoms with Crippen LogP contribution >= 0.6 is 15.9 Å². The zero-order valence-electron chi connectivity index (χ0n) is 17.7. The van der Waals surface area contributed by atoms with Gasteiger partial charge in [-0.05, 0) is 53.5 Å². The van der Waals surface area contributed by atoms with E-state index in [4.69, 9.17) is 9.62 Å². The monoisotopic (exact) mass is 525 g/mol. The Kier molecular flexibility index (Phi) is 7.80. The molecule has 1 aromatic heterocycles. The molecular weight excluding hydrogens is 507 g/mol. The first-order valence-electron chi connectivity index (χ1n) is 9.88. The number of para-hydroxylation sites is 1. The van der Waals surface area contributed by atoms with Crippen LogP contribution in [-0.2, 0) is 16.3 Å². The molecule has 0 atom stereocenters. The fourth-order valence-electron chi connectivity index (χ4n) is 2.98. The van der Waals surface area contributed by atoms with Crippen LogP contribution in [0.4, 0.5) is 13.2 Å². The summed E-state index contributed by atoms with van der Waals surface area (Å²) in [4.78, 5) is 34.0. The molecule has 0 unspecified atom stereocenters. The minimum atomic E-state index is -0.897. The second-order valence-corrected chi connectivity index (χ2v) is 7.80. The van der Waals surface area contributed by atoms with Gasteiger partial charge in [0.1, 0.15) is 40.0 Å². The highest BCUT2D eigenvalue weighted by Gasteiger charge is 2.19. The summed E-state index contributed by atoms with van der Waals surface area (Å²) in [5.74, 6) is -3.02. The number of hydrogen-bond acceptors (Lipinski definition) is 5. The summed E-state index contributed by atoms with van der Waals surface area (Å²) in [7, 11) is 0. The number of nitrogens with zero attached hydrogens (tertiary/aromatic N) is 1. The van der Waals surface area contributed by atoms with Gasteiger partial charge in [0.15, 0.2) is 5.75 Å². The molecule has 0 aliphatic heterocycles. The Morgan fingerprint density at radius 2 is 1.76 bits per heavy atom. The van der Waals surface area contributed by atoms with Crippen molar-refractivity contribution < 1.29 is 32.5 Å². The zero-order valence-corrected chi connectivity index (χ0v) is 19.2. The molecule has 0 saturated heterocycles. The van der Waals surface area contributed by atoms with Gasteiger partial charge in [0, 0.05) is 29.8 Å². The highest BCUT2D eigenvalue weighted by atomic mass is 79.9. The summed E-state index contributed by atoms with van der Waals surface area (Å²) < 4.78 is 48.6. The summed E-state index contributed by atoms with van der Waals surface area (Å²) in [6, 6.07) is 8.27. The van der Waals surface area contributed by atoms with Gasteiger partial charge >= 0.3 is 5.97 Å². The van der Waals surface area contributed by atoms with E-state index >= 15 is 0 Å². The Hall–Kier alpha value is -3.27. The number of benzene rings is 2. The predicted octanol–water partition coefficient (Wildman–Crippen LogP) is 5.54. The average Bonchev–Trinajstić information content (AvgIpc) is 2.77. The number of aryl methyl sites for hydroxylation is 1. The van der Waals surface area contributed by atoms with E-state index in [0.717, 1.165) is 22.8 Å². The molecule has 10 heteroatoms. The molecule has 0 N–H and O–H groups in total. The van der Waals surface area contributed by atoms with Crippen molar-refractivity contribution in [2.45, 2.75) is 33.3 Å². The van der Waals surface area contributed by atoms with Crippen LogP contribution in [0.25, 0.3) is 5.69 Å². The maximum absolute atomic E-state index is 14.2. The van der Waals surface area contributed by atoms with Gasteiger partial charge in [-0.2, -0.15) is 0 Å². The second kappa shape index (κ2) is 10.6. The zero-order chi connectivity index (χ0) is 24.1. The van der Waals surface area contributed by atoms with Gasteiger partial charge in [0.05, 0.1) is 0 Å². The number of aromatic nitrogens is 1. The summed E-state index contributed by atoms with van der Waals surface area (Å²) in [5.41, 5.74) is -0.700. The Labute approximate surface area is 195 Å². The Morgan fingerprint density at radius 1 is 1.06 bits per heavy atom. The number of hydrogen-bond donors (Lipinski definition) is 0. The fraction of sp³-hybridized carbons (Fsp3) is 0.217. The highest BCUT2D eigenvalue weighted by molar-refractivity contribution is 9.10. The Morgan fingerprint density at radius 3 is 2.42 bits per heavy atom. The third-order valence-electron chi connectivity index (χ3n) is 4.55. The molecule has 0 aliphatic rings. The van der Waals surface area contributed by atoms with E-state index in [-0.39, 0.29) is 34.7 Å². The predicted molar refractivity (Wildman–Crippen MR) is 117 cm³/mol. The van der Waals surface area contributed by atoms with Gasteiger partial charge in [-0.25, -0.2) is 18.0 Å². The van der Waals surface area contributed by atoms with E-state index in [9.17, 15) is 22.8 Å². The molecule has 0 radical (unpaired) electrons. The normalized spacial score (nSPS) is 10.7. The number of carbonyl (C=O) groups is 1. The second-order valence-electron chi connectivity index (χ2n) is 7.00. The smallest absolute Gasteiger partial charge is 0.355 e. The Balaban J connectivity index is 1.87. The number of carbonyl (C=O) groups excluding carboxylic acids is 1. The van der Waals surface area contributed by atoms with Crippen LogP contribution in [0.15, 0.2) is 51.7 Å². The molecule has 3 rings (SSSR count). The fourth-order valence-corrected chi connectivity index (χ4v) is 3.39. The molecule has 0 spiro atoms. The van der Waals surface area contributed by atoms with Crippen LogP contribution in [0.2, 0.25) is 0 Å². The molecule has 33 heavy (non-hydrogen) atoms.